The van der Waals surface area contributed by atoms with E-state index in [1.807, 2.05) is 43.3 Å². The molecule has 3 aromatic heterocycles. The number of fused-ring (bicyclic) bond motifs is 1. The van der Waals surface area contributed by atoms with Crippen molar-refractivity contribution in [2.75, 3.05) is 89.7 Å². The van der Waals surface area contributed by atoms with E-state index in [1.54, 1.807) is 50.4 Å². The van der Waals surface area contributed by atoms with Gasteiger partial charge in [0.1, 0.15) is 42.6 Å². The average molecular weight is 1250 g/mol. The highest BCUT2D eigenvalue weighted by molar-refractivity contribution is 6.12. The van der Waals surface area contributed by atoms with Crippen LogP contribution in [0.5, 0.6) is 5.75 Å². The highest BCUT2D eigenvalue weighted by Crippen LogP contribution is 2.32. The van der Waals surface area contributed by atoms with E-state index < -0.39 is 59.3 Å². The van der Waals surface area contributed by atoms with Crippen LogP contribution < -0.4 is 42.4 Å². The number of carboxylic acid groups (broad SMARTS) is 1. The summed E-state index contributed by atoms with van der Waals surface area (Å²) >= 11 is 0. The number of anilines is 2. The normalized spacial score (nSPS) is 12.6. The van der Waals surface area contributed by atoms with Crippen molar-refractivity contribution < 1.29 is 76.3 Å². The van der Waals surface area contributed by atoms with Gasteiger partial charge in [0, 0.05) is 47.4 Å². The summed E-state index contributed by atoms with van der Waals surface area (Å²) in [5.74, 6) is -4.09. The number of ether oxygens (including phenoxy) is 6. The largest absolute Gasteiger partial charge is 0.490 e. The fraction of sp³-hybridized carbons (Fsp3) is 0.371. The summed E-state index contributed by atoms with van der Waals surface area (Å²) in [6.07, 6.45) is 3.63. The van der Waals surface area contributed by atoms with Gasteiger partial charge in [-0.15, -0.1) is 0 Å². The Kier molecular flexibility index (Phi) is 26.0. The van der Waals surface area contributed by atoms with Crippen LogP contribution in [0.15, 0.2) is 103 Å². The fourth-order valence-electron chi connectivity index (χ4n) is 8.93. The number of carbonyl (C=O) groups excluding carboxylic acids is 7. The number of rotatable bonds is 37. The highest BCUT2D eigenvalue weighted by atomic mass is 19.1. The molecule has 0 bridgehead atoms. The number of aromatic amines is 1. The number of primary amides is 1. The Morgan fingerprint density at radius 2 is 1.47 bits per heavy atom. The summed E-state index contributed by atoms with van der Waals surface area (Å²) in [6.45, 7) is 7.65. The van der Waals surface area contributed by atoms with E-state index in [1.165, 1.54) is 30.4 Å². The number of hydrogen-bond acceptors (Lipinski definition) is 18. The number of nitrogens with two attached hydrogens (primary N) is 1. The summed E-state index contributed by atoms with van der Waals surface area (Å²) < 4.78 is 48.2. The van der Waals surface area contributed by atoms with E-state index in [2.05, 4.69) is 46.9 Å². The Hall–Kier alpha value is -9.90. The molecule has 90 heavy (non-hydrogen) atoms. The zero-order valence-corrected chi connectivity index (χ0v) is 50.0. The number of carbonyl (C=O) groups is 8. The van der Waals surface area contributed by atoms with Crippen LogP contribution in [0, 0.1) is 18.7 Å². The Morgan fingerprint density at radius 3 is 2.16 bits per heavy atom. The first-order chi connectivity index (χ1) is 43.4. The number of carboxylic acids is 1. The first kappa shape index (κ1) is 67.6. The summed E-state index contributed by atoms with van der Waals surface area (Å²) in [7, 11) is 0. The van der Waals surface area contributed by atoms with Crippen molar-refractivity contribution in [3.8, 4) is 28.4 Å². The predicted octanol–water partition coefficient (Wildman–Crippen LogP) is 5.14. The van der Waals surface area contributed by atoms with Gasteiger partial charge in [0.25, 0.3) is 11.8 Å². The van der Waals surface area contributed by atoms with Gasteiger partial charge in [-0.05, 0) is 85.8 Å². The fourth-order valence-corrected chi connectivity index (χ4v) is 8.93. The molecule has 1 aliphatic heterocycles. The highest BCUT2D eigenvalue weighted by Gasteiger charge is 2.29. The molecule has 0 radical (unpaired) electrons. The number of nitrogens with one attached hydrogen (secondary N) is 7. The quantitative estimate of drug-likeness (QED) is 0.0180. The minimum atomic E-state index is -1.38. The van der Waals surface area contributed by atoms with Crippen LogP contribution in [-0.4, -0.2) is 169 Å². The SMILES string of the molecule is Cc1cccc(-c2nc(CNc3cccc(C(=O)O)c3F)[nH]c2-c2ccc3ncc(OCCNC(=O)OCc4ccc(NC(=O)[C@H](CCCNC(N)=O)NC(=O)[C@@H](NC(=O)CCOCCOCCOCCOCCN5C(=O)C=CC5=O)C(C)C)cc4)cc3c2)n1. The van der Waals surface area contributed by atoms with Crippen LogP contribution >= 0.6 is 0 Å². The Morgan fingerprint density at radius 1 is 0.767 bits per heavy atom. The predicted molar refractivity (Wildman–Crippen MR) is 326 cm³/mol. The molecule has 28 heteroatoms. The van der Waals surface area contributed by atoms with E-state index >= 15 is 0 Å². The number of halogens is 1. The lowest BCUT2D eigenvalue weighted by atomic mass is 10.0. The molecule has 0 saturated heterocycles. The van der Waals surface area contributed by atoms with E-state index in [0.717, 1.165) is 21.5 Å². The Labute approximate surface area is 517 Å². The molecule has 6 aromatic rings. The van der Waals surface area contributed by atoms with Crippen molar-refractivity contribution in [2.24, 2.45) is 11.7 Å². The number of pyridine rings is 2. The van der Waals surface area contributed by atoms with Crippen molar-refractivity contribution in [3.05, 3.63) is 132 Å². The van der Waals surface area contributed by atoms with Crippen LogP contribution in [0.25, 0.3) is 33.5 Å². The minimum absolute atomic E-state index is 0.00677. The molecular formula is C62H73FN12O15. The number of alkyl carbamates (subject to hydrolysis) is 1. The molecule has 4 heterocycles. The number of amides is 8. The lowest BCUT2D eigenvalue weighted by molar-refractivity contribution is -0.137. The lowest BCUT2D eigenvalue weighted by Crippen LogP contribution is -2.54. The summed E-state index contributed by atoms with van der Waals surface area (Å²) in [4.78, 5) is 117. The van der Waals surface area contributed by atoms with Gasteiger partial charge in [-0.2, -0.15) is 0 Å². The van der Waals surface area contributed by atoms with Crippen molar-refractivity contribution in [1.82, 2.24) is 46.1 Å². The van der Waals surface area contributed by atoms with Gasteiger partial charge < -0.3 is 76.1 Å². The molecule has 7 rings (SSSR count). The smallest absolute Gasteiger partial charge is 0.407 e. The number of imide groups is 1. The molecule has 0 fully saturated rings. The van der Waals surface area contributed by atoms with Crippen molar-refractivity contribution in [1.29, 1.82) is 0 Å². The topological polar surface area (TPSA) is 368 Å². The molecular weight excluding hydrogens is 1170 g/mol. The number of urea groups is 1. The first-order valence-electron chi connectivity index (χ1n) is 29.0. The molecule has 27 nitrogen and oxygen atoms in total. The van der Waals surface area contributed by atoms with Gasteiger partial charge >= 0.3 is 18.1 Å². The number of aryl methyl sites for hydroxylation is 1. The zero-order chi connectivity index (χ0) is 64.4. The number of H-pyrrole nitrogens is 1. The van der Waals surface area contributed by atoms with E-state index in [0.29, 0.717) is 65.2 Å². The Bertz CT molecular complexity index is 3470. The van der Waals surface area contributed by atoms with Gasteiger partial charge in [0.2, 0.25) is 17.7 Å². The van der Waals surface area contributed by atoms with Gasteiger partial charge in [0.05, 0.1) is 107 Å². The molecule has 0 aliphatic carbocycles. The van der Waals surface area contributed by atoms with Crippen molar-refractivity contribution in [2.45, 2.75) is 65.3 Å². The second-order valence-corrected chi connectivity index (χ2v) is 20.7. The van der Waals surface area contributed by atoms with E-state index in [9.17, 15) is 47.9 Å². The van der Waals surface area contributed by atoms with Crippen LogP contribution in [0.1, 0.15) is 60.5 Å². The van der Waals surface area contributed by atoms with Crippen LogP contribution in [0.4, 0.5) is 25.4 Å². The van der Waals surface area contributed by atoms with Crippen LogP contribution in [0.2, 0.25) is 0 Å². The number of aromatic nitrogens is 4. The standard InChI is InChI=1S/C62H73FN12O15/c1-38(2)55(74-51(76)20-24-85-27-29-87-31-32-88-30-28-86-26-23-75-52(77)18-19-53(75)78)59(80)71-49(11-6-21-65-61(64)83)58(79)70-43-15-12-40(13-16-43)37-90-62(84)66-22-25-89-44-34-42-33-41(14-17-46(42)67-35-44)56-57(48-10-4-7-39(3)69-48)73-50(72-56)36-68-47-9-5-8-45(54(47)63)60(81)82/h4-5,7-10,12-19,33-35,38,49,55,68H,6,11,20-32,36-37H2,1-3H3,(H,66,84)(H,70,79)(H,71,80)(H,72,73)(H,74,76)(H,81,82)(H3,64,65,83)/t49-,55-/m0/s1. The summed E-state index contributed by atoms with van der Waals surface area (Å²) in [5.41, 5.74) is 9.72. The maximum absolute atomic E-state index is 15.0. The zero-order valence-electron chi connectivity index (χ0n) is 50.0. The maximum Gasteiger partial charge on any atom is 0.407 e. The molecule has 8 amide bonds. The van der Waals surface area contributed by atoms with Gasteiger partial charge in [-0.1, -0.05) is 44.2 Å². The monoisotopic (exact) mass is 1240 g/mol. The van der Waals surface area contributed by atoms with Crippen molar-refractivity contribution in [3.63, 3.8) is 0 Å². The number of imidazole rings is 1. The molecule has 1 aliphatic rings. The van der Waals surface area contributed by atoms with Gasteiger partial charge in [0.15, 0.2) is 5.82 Å². The summed E-state index contributed by atoms with van der Waals surface area (Å²) in [5, 5.41) is 26.4. The third-order valence-corrected chi connectivity index (χ3v) is 13.6. The molecule has 0 unspecified atom stereocenters. The third kappa shape index (κ3) is 21.2. The van der Waals surface area contributed by atoms with Crippen molar-refractivity contribution >= 4 is 69.9 Å². The lowest BCUT2D eigenvalue weighted by Gasteiger charge is -2.25. The molecule has 10 N–H and O–H groups in total. The van der Waals surface area contributed by atoms with Crippen LogP contribution in [-0.2, 0) is 60.8 Å². The molecule has 0 spiro atoms. The molecule has 3 aromatic carbocycles. The van der Waals surface area contributed by atoms with E-state index in [4.69, 9.17) is 39.1 Å². The molecule has 0 saturated carbocycles. The second kappa shape index (κ2) is 34.6. The van der Waals surface area contributed by atoms with Gasteiger partial charge in [-0.25, -0.2) is 23.8 Å². The number of hydrogen-bond donors (Lipinski definition) is 9. The number of aromatic carboxylic acids is 1. The maximum atomic E-state index is 15.0. The Balaban J connectivity index is 0.815. The molecule has 2 atom stereocenters. The number of benzene rings is 3. The average Bonchev–Trinajstić information content (AvgIpc) is 1.80. The van der Waals surface area contributed by atoms with Gasteiger partial charge in [-0.3, -0.25) is 38.8 Å². The minimum Gasteiger partial charge on any atom is -0.490 e. The van der Waals surface area contributed by atoms with E-state index in [-0.39, 0.29) is 115 Å². The number of nitrogens with zero attached hydrogens (tertiary/aromatic N) is 4. The third-order valence-electron chi connectivity index (χ3n) is 13.6. The first-order valence-corrected chi connectivity index (χ1v) is 29.0. The second-order valence-electron chi connectivity index (χ2n) is 20.7. The van der Waals surface area contributed by atoms with Crippen LogP contribution in [0.3, 0.4) is 0 Å². The summed E-state index contributed by atoms with van der Waals surface area (Å²) in [6, 6.07) is 20.8. The molecule has 478 valence electrons.